The summed E-state index contributed by atoms with van der Waals surface area (Å²) in [6, 6.07) is 0.232. The number of hydrogen-bond acceptors (Lipinski definition) is 9. The summed E-state index contributed by atoms with van der Waals surface area (Å²) < 4.78 is 2.34. The Labute approximate surface area is 378 Å². The minimum atomic E-state index is -1.22. The molecule has 1 saturated heterocycles. The monoisotopic (exact) mass is 886 g/mol. The Kier molecular flexibility index (Phi) is 10.7. The molecular formula is C52H75N3O5S2. The molecule has 0 radical (unpaired) electrons. The Bertz CT molecular complexity index is 2040. The Balaban J connectivity index is 1.06. The lowest BCUT2D eigenvalue weighted by Gasteiger charge is -2.63. The first-order valence-corrected chi connectivity index (χ1v) is 27.5. The van der Waals surface area contributed by atoms with Gasteiger partial charge in [-0.1, -0.05) is 84.4 Å². The predicted octanol–water partition coefficient (Wildman–Crippen LogP) is 8.88. The smallest absolute Gasteiger partial charge is 0.159 e. The van der Waals surface area contributed by atoms with Crippen LogP contribution in [0, 0.1) is 74.9 Å². The molecule has 8 nitrogen and oxygen atoms in total. The number of aliphatic hydroxyl groups excluding tert-OH is 3. The molecule has 10 heteroatoms. The van der Waals surface area contributed by atoms with Crippen LogP contribution in [0.2, 0.25) is 0 Å². The maximum atomic E-state index is 14.8. The molecule has 0 amide bonds. The third-order valence-corrected chi connectivity index (χ3v) is 23.3. The number of carbonyl (C=O) groups is 1. The number of hydrogen-bond donors (Lipinski definition) is 5. The van der Waals surface area contributed by atoms with Gasteiger partial charge in [0, 0.05) is 71.5 Å². The zero-order chi connectivity index (χ0) is 43.1. The van der Waals surface area contributed by atoms with E-state index < -0.39 is 46.6 Å². The molecular weight excluding hydrogens is 811 g/mol. The summed E-state index contributed by atoms with van der Waals surface area (Å²) in [6.07, 6.45) is 23.2. The van der Waals surface area contributed by atoms with Gasteiger partial charge in [0.1, 0.15) is 0 Å². The van der Waals surface area contributed by atoms with Crippen molar-refractivity contribution in [1.82, 2.24) is 14.9 Å². The van der Waals surface area contributed by atoms with Crippen molar-refractivity contribution in [2.75, 3.05) is 25.1 Å². The second kappa shape index (κ2) is 15.3. The third kappa shape index (κ3) is 5.96. The minimum Gasteiger partial charge on any atom is -0.392 e. The average Bonchev–Trinajstić information content (AvgIpc) is 3.99. The van der Waals surface area contributed by atoms with Crippen LogP contribution in [0.4, 0.5) is 0 Å². The Morgan fingerprint density at radius 2 is 1.66 bits per heavy atom. The van der Waals surface area contributed by atoms with Crippen LogP contribution in [0.1, 0.15) is 136 Å². The van der Waals surface area contributed by atoms with Crippen LogP contribution in [0.15, 0.2) is 52.7 Å². The summed E-state index contributed by atoms with van der Waals surface area (Å²) >= 11 is 0. The van der Waals surface area contributed by atoms with Crippen molar-refractivity contribution in [3.8, 4) is 0 Å². The van der Waals surface area contributed by atoms with Gasteiger partial charge in [-0.2, -0.15) is 0 Å². The fraction of sp³-hybridized carbons (Fsp3) is 0.808. The molecule has 1 aliphatic heterocycles. The number of fused-ring (bicyclic) bond motifs is 14. The van der Waals surface area contributed by atoms with E-state index in [2.05, 4.69) is 48.8 Å². The molecule has 10 aliphatic rings. The molecule has 1 spiro atoms. The lowest BCUT2D eigenvalue weighted by molar-refractivity contribution is -0.173. The Morgan fingerprint density at radius 3 is 2.42 bits per heavy atom. The van der Waals surface area contributed by atoms with Gasteiger partial charge in [-0.15, -0.1) is 0 Å². The number of rotatable bonds is 3. The molecule has 340 valence electrons. The van der Waals surface area contributed by atoms with Crippen LogP contribution >= 0.6 is 21.6 Å². The number of aromatic nitrogens is 2. The van der Waals surface area contributed by atoms with Gasteiger partial charge in [0.2, 0.25) is 0 Å². The van der Waals surface area contributed by atoms with Crippen molar-refractivity contribution in [3.05, 3.63) is 52.7 Å². The Morgan fingerprint density at radius 1 is 0.903 bits per heavy atom. The molecule has 0 unspecified atom stereocenters. The molecule has 9 aliphatic carbocycles. The van der Waals surface area contributed by atoms with E-state index in [0.717, 1.165) is 55.6 Å². The lowest BCUT2D eigenvalue weighted by Crippen LogP contribution is -2.65. The summed E-state index contributed by atoms with van der Waals surface area (Å²) in [6.45, 7) is 10.1. The van der Waals surface area contributed by atoms with Crippen molar-refractivity contribution in [1.29, 1.82) is 0 Å². The fourth-order valence-corrected chi connectivity index (χ4v) is 21.3. The SMILES string of the molecule is CNC[C@H]1[C@@H](O)[C@@H](O)C[C@@]2(C)[C@@H]1C(=O)C=C1[C@@H]2CC[C@]2(C)[C@@H]3C[C@H](CSSC[C@H](n4ccnc4)CC(C)(C)C4=C5CCCC6(CCCC6)[C@@H]5C5=C6[C@H](CCC5)C[C@@H]3[C@H](O)[C@H]64)[C@@]12O. The standard InChI is InChI=1S/C52H75N3O5S2/c1-48(2)23-31(55-19-18-54-28-55)27-62-61-26-30-21-37(50(4)17-13-36-38(52(30,50)60)22-39(56)44-35(25-53-5)46(58)40(57)24-49(36,44)3)34-20-29-10-8-11-32-41(29)42(47(34)59)45(48)33-12-9-16-51(43(32)33)14-6-7-15-51/h18-19,22,28-31,34-37,40,42-44,46-47,53,57-60H,6-17,20-21,23-27H2,1-5H3/t29-,30-,31-,34+,35-,36+,37-,40+,42-,43-,44+,46-,47+,49-,50-,52-/m1/s1. The minimum absolute atomic E-state index is 0.00547. The topological polar surface area (TPSA) is 128 Å². The van der Waals surface area contributed by atoms with E-state index >= 15 is 0 Å². The molecule has 5 N–H and O–H groups in total. The molecule has 1 aromatic rings. The van der Waals surface area contributed by atoms with E-state index in [1.165, 1.54) is 57.8 Å². The summed E-state index contributed by atoms with van der Waals surface area (Å²) in [7, 11) is 5.69. The van der Waals surface area contributed by atoms with Crippen LogP contribution in [-0.2, 0) is 4.79 Å². The van der Waals surface area contributed by atoms with Crippen LogP contribution in [0.3, 0.4) is 0 Å². The third-order valence-electron chi connectivity index (χ3n) is 20.8. The van der Waals surface area contributed by atoms with E-state index in [9.17, 15) is 25.2 Å². The van der Waals surface area contributed by atoms with Gasteiger partial charge in [0.15, 0.2) is 5.78 Å². The summed E-state index contributed by atoms with van der Waals surface area (Å²) in [5.74, 6) is 1.97. The number of nitrogens with zero attached hydrogens (tertiary/aromatic N) is 2. The van der Waals surface area contributed by atoms with Crippen LogP contribution in [0.5, 0.6) is 0 Å². The highest BCUT2D eigenvalue weighted by Gasteiger charge is 2.72. The molecule has 1 aromatic heterocycles. The Hall–Kier alpha value is -1.40. The largest absolute Gasteiger partial charge is 0.392 e. The van der Waals surface area contributed by atoms with E-state index in [1.54, 1.807) is 22.3 Å². The van der Waals surface area contributed by atoms with Crippen molar-refractivity contribution < 1.29 is 25.2 Å². The highest BCUT2D eigenvalue weighted by molar-refractivity contribution is 8.76. The summed E-state index contributed by atoms with van der Waals surface area (Å²) in [4.78, 5) is 19.3. The maximum Gasteiger partial charge on any atom is 0.159 e. The van der Waals surface area contributed by atoms with Gasteiger partial charge in [-0.25, -0.2) is 4.98 Å². The van der Waals surface area contributed by atoms with E-state index in [1.807, 2.05) is 47.2 Å². The number of aliphatic hydroxyl groups is 4. The second-order valence-electron chi connectivity index (χ2n) is 23.8. The zero-order valence-electron chi connectivity index (χ0n) is 38.2. The maximum absolute atomic E-state index is 14.8. The number of ketones is 1. The highest BCUT2D eigenvalue weighted by Crippen LogP contribution is 2.73. The molecule has 6 saturated carbocycles. The average molecular weight is 886 g/mol. The van der Waals surface area contributed by atoms with Crippen LogP contribution < -0.4 is 5.32 Å². The molecule has 62 heavy (non-hydrogen) atoms. The number of nitrogens with one attached hydrogen (secondary N) is 1. The first-order chi connectivity index (χ1) is 29.7. The van der Waals surface area contributed by atoms with Gasteiger partial charge in [0.25, 0.3) is 0 Å². The molecule has 11 rings (SSSR count). The number of carbonyl (C=O) groups excluding carboxylic acids is 1. The van der Waals surface area contributed by atoms with Crippen LogP contribution in [-0.4, -0.2) is 84.8 Å². The van der Waals surface area contributed by atoms with Gasteiger partial charge < -0.3 is 30.3 Å². The second-order valence-corrected chi connectivity index (χ2v) is 26.4. The first kappa shape index (κ1) is 43.2. The summed E-state index contributed by atoms with van der Waals surface area (Å²) in [5, 5.41) is 53.8. The van der Waals surface area contributed by atoms with E-state index in [0.29, 0.717) is 30.2 Å². The fourth-order valence-electron chi connectivity index (χ4n) is 18.6. The van der Waals surface area contributed by atoms with Gasteiger partial charge in [-0.05, 0) is 149 Å². The molecule has 7 fully saturated rings. The van der Waals surface area contributed by atoms with E-state index in [-0.39, 0.29) is 46.8 Å². The number of imidazole rings is 1. The lowest BCUT2D eigenvalue weighted by atomic mass is 9.43. The van der Waals surface area contributed by atoms with Crippen molar-refractivity contribution in [2.24, 2.45) is 74.9 Å². The molecule has 16 atom stereocenters. The van der Waals surface area contributed by atoms with Gasteiger partial charge in [0.05, 0.1) is 30.2 Å². The number of allylic oxidation sites excluding steroid dienone is 3. The first-order valence-electron chi connectivity index (χ1n) is 25.0. The van der Waals surface area contributed by atoms with Crippen LogP contribution in [0.25, 0.3) is 0 Å². The van der Waals surface area contributed by atoms with Crippen molar-refractivity contribution in [3.63, 3.8) is 0 Å². The normalized spacial score (nSPS) is 48.2. The zero-order valence-corrected chi connectivity index (χ0v) is 39.8. The van der Waals surface area contributed by atoms with Gasteiger partial charge >= 0.3 is 0 Å². The quantitative estimate of drug-likeness (QED) is 0.150. The molecule has 0 aromatic carbocycles. The van der Waals surface area contributed by atoms with E-state index in [4.69, 9.17) is 0 Å². The van der Waals surface area contributed by atoms with Crippen molar-refractivity contribution >= 4 is 27.4 Å². The van der Waals surface area contributed by atoms with Gasteiger partial charge in [-0.3, -0.25) is 4.79 Å². The van der Waals surface area contributed by atoms with Crippen molar-refractivity contribution in [2.45, 2.75) is 160 Å². The summed E-state index contributed by atoms with van der Waals surface area (Å²) in [5.41, 5.74) is 5.58. The predicted molar refractivity (Wildman–Crippen MR) is 248 cm³/mol. The highest BCUT2D eigenvalue weighted by atomic mass is 33.1. The molecule has 4 bridgehead atoms. The molecule has 2 heterocycles.